The highest BCUT2D eigenvalue weighted by atomic mass is 32.2. The van der Waals surface area contributed by atoms with Crippen LogP contribution in [-0.2, 0) is 9.59 Å². The van der Waals surface area contributed by atoms with Crippen LogP contribution in [0.1, 0.15) is 37.7 Å². The number of piperidine rings is 1. The maximum atomic E-state index is 12.4. The summed E-state index contributed by atoms with van der Waals surface area (Å²) in [7, 11) is 0. The van der Waals surface area contributed by atoms with E-state index >= 15 is 0 Å². The van der Waals surface area contributed by atoms with Gasteiger partial charge in [0.25, 0.3) is 0 Å². The largest absolute Gasteiger partial charge is 0.342 e. The predicted molar refractivity (Wildman–Crippen MR) is 104 cm³/mol. The molecular weight excluding hydrogens is 332 g/mol. The summed E-state index contributed by atoms with van der Waals surface area (Å²) in [5, 5.41) is 2.89. The van der Waals surface area contributed by atoms with Gasteiger partial charge in [0.05, 0.1) is 11.5 Å². The third kappa shape index (κ3) is 5.24. The van der Waals surface area contributed by atoms with Gasteiger partial charge in [-0.3, -0.25) is 9.59 Å². The zero-order valence-electron chi connectivity index (χ0n) is 15.0. The first-order valence-electron chi connectivity index (χ1n) is 9.34. The van der Waals surface area contributed by atoms with E-state index in [1.165, 1.54) is 37.4 Å². The van der Waals surface area contributed by atoms with Crippen LogP contribution in [0.4, 0.5) is 5.69 Å². The average Bonchev–Trinajstić information content (AvgIpc) is 2.61. The van der Waals surface area contributed by atoms with Crippen LogP contribution in [0, 0.1) is 18.8 Å². The molecule has 1 N–H and O–H groups in total. The van der Waals surface area contributed by atoms with Crippen molar-refractivity contribution >= 4 is 29.3 Å². The van der Waals surface area contributed by atoms with Gasteiger partial charge in [-0.05, 0) is 49.3 Å². The van der Waals surface area contributed by atoms with Crippen LogP contribution in [0.5, 0.6) is 0 Å². The number of hydrogen-bond donors (Lipinski definition) is 1. The number of aryl methyl sites for hydroxylation is 1. The van der Waals surface area contributed by atoms with E-state index in [1.807, 2.05) is 36.1 Å². The van der Waals surface area contributed by atoms with Crippen molar-refractivity contribution in [3.63, 3.8) is 0 Å². The molecule has 1 aliphatic carbocycles. The lowest BCUT2D eigenvalue weighted by atomic mass is 9.75. The number of carbonyl (C=O) groups excluding carboxylic acids is 2. The van der Waals surface area contributed by atoms with Gasteiger partial charge in [0.1, 0.15) is 0 Å². The fourth-order valence-corrected chi connectivity index (χ4v) is 4.79. The Morgan fingerprint density at radius 3 is 2.76 bits per heavy atom. The summed E-state index contributed by atoms with van der Waals surface area (Å²) in [5.74, 6) is 2.41. The molecular formula is C20H28N2O2S. The second-order valence-electron chi connectivity index (χ2n) is 7.34. The van der Waals surface area contributed by atoms with E-state index in [2.05, 4.69) is 5.32 Å². The number of fused-ring (bicyclic) bond motifs is 1. The van der Waals surface area contributed by atoms with Crippen molar-refractivity contribution in [2.45, 2.75) is 39.0 Å². The summed E-state index contributed by atoms with van der Waals surface area (Å²) in [5.41, 5.74) is 1.93. The number of benzene rings is 1. The van der Waals surface area contributed by atoms with Crippen molar-refractivity contribution in [2.75, 3.05) is 29.9 Å². The second kappa shape index (κ2) is 8.75. The molecule has 136 valence electrons. The van der Waals surface area contributed by atoms with Crippen molar-refractivity contribution < 1.29 is 9.59 Å². The Kier molecular flexibility index (Phi) is 6.40. The van der Waals surface area contributed by atoms with Gasteiger partial charge in [-0.1, -0.05) is 31.4 Å². The Labute approximate surface area is 154 Å². The summed E-state index contributed by atoms with van der Waals surface area (Å²) in [6.07, 6.45) is 6.47. The van der Waals surface area contributed by atoms with E-state index in [1.54, 1.807) is 0 Å². The summed E-state index contributed by atoms with van der Waals surface area (Å²) in [4.78, 5) is 26.5. The number of rotatable bonds is 5. The van der Waals surface area contributed by atoms with Crippen molar-refractivity contribution in [1.29, 1.82) is 0 Å². The number of nitrogens with one attached hydrogen (secondary N) is 1. The molecule has 2 atom stereocenters. The lowest BCUT2D eigenvalue weighted by Gasteiger charge is -2.41. The Bertz CT molecular complexity index is 619. The summed E-state index contributed by atoms with van der Waals surface area (Å²) >= 11 is 1.41. The van der Waals surface area contributed by atoms with E-state index in [4.69, 9.17) is 0 Å². The van der Waals surface area contributed by atoms with E-state index in [9.17, 15) is 9.59 Å². The highest BCUT2D eigenvalue weighted by Crippen LogP contribution is 2.36. The molecule has 0 unspecified atom stereocenters. The summed E-state index contributed by atoms with van der Waals surface area (Å²) in [6, 6.07) is 7.76. The molecule has 4 nitrogen and oxygen atoms in total. The summed E-state index contributed by atoms with van der Waals surface area (Å²) < 4.78 is 0. The highest BCUT2D eigenvalue weighted by Gasteiger charge is 2.32. The molecule has 1 heterocycles. The maximum absolute atomic E-state index is 12.4. The number of thioether (sulfide) groups is 1. The van der Waals surface area contributed by atoms with E-state index in [0.29, 0.717) is 17.4 Å². The molecule has 3 rings (SSSR count). The Morgan fingerprint density at radius 1 is 1.16 bits per heavy atom. The van der Waals surface area contributed by atoms with E-state index in [0.717, 1.165) is 36.7 Å². The maximum Gasteiger partial charge on any atom is 0.234 e. The van der Waals surface area contributed by atoms with Crippen molar-refractivity contribution in [3.05, 3.63) is 29.8 Å². The first-order valence-corrected chi connectivity index (χ1v) is 10.5. The molecule has 25 heavy (non-hydrogen) atoms. The quantitative estimate of drug-likeness (QED) is 0.871. The first-order chi connectivity index (χ1) is 12.1. The highest BCUT2D eigenvalue weighted by molar-refractivity contribution is 8.00. The lowest BCUT2D eigenvalue weighted by Crippen LogP contribution is -2.45. The van der Waals surface area contributed by atoms with Crippen LogP contribution in [-0.4, -0.2) is 41.3 Å². The molecule has 2 amide bonds. The molecule has 1 aromatic rings. The van der Waals surface area contributed by atoms with Gasteiger partial charge in [0, 0.05) is 18.8 Å². The smallest absolute Gasteiger partial charge is 0.234 e. The average molecular weight is 361 g/mol. The molecule has 1 aromatic carbocycles. The van der Waals surface area contributed by atoms with Crippen molar-refractivity contribution in [2.24, 2.45) is 11.8 Å². The fourth-order valence-electron chi connectivity index (χ4n) is 4.07. The van der Waals surface area contributed by atoms with Gasteiger partial charge in [0.2, 0.25) is 11.8 Å². The zero-order valence-corrected chi connectivity index (χ0v) is 15.8. The van der Waals surface area contributed by atoms with Gasteiger partial charge < -0.3 is 10.2 Å². The Morgan fingerprint density at radius 2 is 1.96 bits per heavy atom. The number of amides is 2. The van der Waals surface area contributed by atoms with Crippen LogP contribution < -0.4 is 5.32 Å². The van der Waals surface area contributed by atoms with Gasteiger partial charge in [0.15, 0.2) is 0 Å². The Hall–Kier alpha value is -1.49. The number of anilines is 1. The summed E-state index contributed by atoms with van der Waals surface area (Å²) in [6.45, 7) is 3.83. The second-order valence-corrected chi connectivity index (χ2v) is 8.33. The van der Waals surface area contributed by atoms with Crippen LogP contribution in [0.3, 0.4) is 0 Å². The van der Waals surface area contributed by atoms with Crippen LogP contribution in [0.2, 0.25) is 0 Å². The molecule has 2 fully saturated rings. The Balaban J connectivity index is 1.38. The monoisotopic (exact) mass is 360 g/mol. The zero-order chi connectivity index (χ0) is 17.6. The van der Waals surface area contributed by atoms with Gasteiger partial charge in [-0.25, -0.2) is 0 Å². The van der Waals surface area contributed by atoms with Crippen LogP contribution in [0.25, 0.3) is 0 Å². The SMILES string of the molecule is Cc1cccc(NC(=O)CSCC(=O)N2CC[C@H]3CCCC[C@@H]3C2)c1. The number of likely N-dealkylation sites (tertiary alicyclic amines) is 1. The molecule has 2 aliphatic rings. The van der Waals surface area contributed by atoms with Gasteiger partial charge in [-0.15, -0.1) is 11.8 Å². The van der Waals surface area contributed by atoms with Gasteiger partial charge >= 0.3 is 0 Å². The number of nitrogens with zero attached hydrogens (tertiary/aromatic N) is 1. The van der Waals surface area contributed by atoms with Crippen LogP contribution >= 0.6 is 11.8 Å². The van der Waals surface area contributed by atoms with E-state index in [-0.39, 0.29) is 11.8 Å². The molecule has 0 aromatic heterocycles. The number of hydrogen-bond acceptors (Lipinski definition) is 3. The van der Waals surface area contributed by atoms with Crippen molar-refractivity contribution in [1.82, 2.24) is 4.90 Å². The molecule has 1 saturated carbocycles. The van der Waals surface area contributed by atoms with E-state index < -0.39 is 0 Å². The predicted octanol–water partition coefficient (Wildman–Crippen LogP) is 3.71. The third-order valence-corrected chi connectivity index (χ3v) is 6.32. The molecule has 0 radical (unpaired) electrons. The first kappa shape index (κ1) is 18.3. The third-order valence-electron chi connectivity index (χ3n) is 5.40. The molecule has 1 aliphatic heterocycles. The topological polar surface area (TPSA) is 49.4 Å². The fraction of sp³-hybridized carbons (Fsp3) is 0.600. The minimum absolute atomic E-state index is 0.0469. The van der Waals surface area contributed by atoms with Crippen molar-refractivity contribution in [3.8, 4) is 0 Å². The number of carbonyl (C=O) groups is 2. The minimum Gasteiger partial charge on any atom is -0.342 e. The minimum atomic E-state index is -0.0469. The molecule has 1 saturated heterocycles. The van der Waals surface area contributed by atoms with Crippen LogP contribution in [0.15, 0.2) is 24.3 Å². The normalized spacial score (nSPS) is 23.0. The molecule has 0 spiro atoms. The molecule has 0 bridgehead atoms. The van der Waals surface area contributed by atoms with Gasteiger partial charge in [-0.2, -0.15) is 0 Å². The lowest BCUT2D eigenvalue weighted by molar-refractivity contribution is -0.131. The standard InChI is InChI=1S/C20H28N2O2S/c1-15-5-4-8-18(11-15)21-19(23)13-25-14-20(24)22-10-9-16-6-2-3-7-17(16)12-22/h4-5,8,11,16-17H,2-3,6-7,9-10,12-14H2,1H3,(H,21,23)/t16-,17-/m1/s1. The molecule has 5 heteroatoms.